The van der Waals surface area contributed by atoms with Crippen LogP contribution >= 0.6 is 0 Å². The predicted molar refractivity (Wildman–Crippen MR) is 80.6 cm³/mol. The molecule has 0 aliphatic heterocycles. The number of hydrogen-bond donors (Lipinski definition) is 2. The van der Waals surface area contributed by atoms with Gasteiger partial charge in [-0.1, -0.05) is 24.3 Å². The van der Waals surface area contributed by atoms with Crippen molar-refractivity contribution in [2.24, 2.45) is 0 Å². The first kappa shape index (κ1) is 11.8. The molecule has 7 heteroatoms. The van der Waals surface area contributed by atoms with Crippen molar-refractivity contribution in [3.63, 3.8) is 0 Å². The normalized spacial score (nSPS) is 10.9. The SMILES string of the molecule is B(Oc1n[nH]c2ccccc12)Oc1n[nH]c2ccccc12. The van der Waals surface area contributed by atoms with E-state index in [1.807, 2.05) is 48.5 Å². The van der Waals surface area contributed by atoms with Crippen molar-refractivity contribution in [2.75, 3.05) is 0 Å². The van der Waals surface area contributed by atoms with E-state index in [2.05, 4.69) is 20.4 Å². The smallest absolute Gasteiger partial charge is 0.513 e. The maximum Gasteiger partial charge on any atom is 0.578 e. The first-order valence-corrected chi connectivity index (χ1v) is 6.53. The Morgan fingerprint density at radius 2 is 1.19 bits per heavy atom. The summed E-state index contributed by atoms with van der Waals surface area (Å²) in [6.45, 7) is 0. The van der Waals surface area contributed by atoms with Crippen LogP contribution < -0.4 is 9.31 Å². The zero-order valence-electron chi connectivity index (χ0n) is 11.0. The molecule has 0 unspecified atom stereocenters. The minimum Gasteiger partial charge on any atom is -0.513 e. The van der Waals surface area contributed by atoms with Crippen LogP contribution in [-0.4, -0.2) is 28.1 Å². The number of para-hydroxylation sites is 2. The molecule has 0 atom stereocenters. The third-order valence-corrected chi connectivity index (χ3v) is 3.26. The zero-order chi connectivity index (χ0) is 14.1. The molecule has 0 aliphatic rings. The van der Waals surface area contributed by atoms with Gasteiger partial charge in [-0.3, -0.25) is 10.2 Å². The van der Waals surface area contributed by atoms with Crippen LogP contribution in [0.15, 0.2) is 48.5 Å². The van der Waals surface area contributed by atoms with Crippen molar-refractivity contribution in [2.45, 2.75) is 0 Å². The highest BCUT2D eigenvalue weighted by Gasteiger charge is 2.10. The lowest BCUT2D eigenvalue weighted by Crippen LogP contribution is -2.11. The Labute approximate surface area is 120 Å². The number of H-pyrrole nitrogens is 2. The Hall–Kier alpha value is -2.96. The number of aromatic nitrogens is 4. The molecule has 0 saturated heterocycles. The molecule has 4 rings (SSSR count). The lowest BCUT2D eigenvalue weighted by Gasteiger charge is -2.02. The van der Waals surface area contributed by atoms with E-state index in [0.717, 1.165) is 21.8 Å². The van der Waals surface area contributed by atoms with Gasteiger partial charge in [0.2, 0.25) is 11.8 Å². The second-order valence-corrected chi connectivity index (χ2v) is 4.56. The van der Waals surface area contributed by atoms with Crippen molar-refractivity contribution < 1.29 is 9.31 Å². The number of nitrogens with zero attached hydrogens (tertiary/aromatic N) is 2. The molecule has 2 N–H and O–H groups in total. The van der Waals surface area contributed by atoms with Crippen molar-refractivity contribution in [3.8, 4) is 11.8 Å². The molecule has 2 heterocycles. The van der Waals surface area contributed by atoms with E-state index >= 15 is 0 Å². The molecule has 0 bridgehead atoms. The second kappa shape index (κ2) is 4.86. The molecule has 0 fully saturated rings. The maximum absolute atomic E-state index is 5.56. The van der Waals surface area contributed by atoms with Gasteiger partial charge in [0.15, 0.2) is 0 Å². The van der Waals surface area contributed by atoms with Gasteiger partial charge in [0.1, 0.15) is 0 Å². The number of fused-ring (bicyclic) bond motifs is 2. The molecule has 21 heavy (non-hydrogen) atoms. The average Bonchev–Trinajstić information content (AvgIpc) is 3.13. The van der Waals surface area contributed by atoms with Gasteiger partial charge in [-0.2, -0.15) is 0 Å². The minimum absolute atomic E-state index is 0.0453. The van der Waals surface area contributed by atoms with Gasteiger partial charge >= 0.3 is 7.69 Å². The molecule has 2 aromatic carbocycles. The molecule has 0 amide bonds. The minimum atomic E-state index is 0.0453. The molecular formula is C14H11BN4O2. The second-order valence-electron chi connectivity index (χ2n) is 4.56. The van der Waals surface area contributed by atoms with Crippen LogP contribution in [0.2, 0.25) is 0 Å². The van der Waals surface area contributed by atoms with Crippen molar-refractivity contribution in [1.82, 2.24) is 20.4 Å². The Balaban J connectivity index is 1.50. The van der Waals surface area contributed by atoms with Crippen LogP contribution in [0.5, 0.6) is 11.8 Å². The highest BCUT2D eigenvalue weighted by atomic mass is 16.6. The van der Waals surface area contributed by atoms with E-state index in [0.29, 0.717) is 11.8 Å². The fraction of sp³-hybridized carbons (Fsp3) is 0. The van der Waals surface area contributed by atoms with Crippen LogP contribution in [0.25, 0.3) is 21.8 Å². The van der Waals surface area contributed by atoms with E-state index in [1.54, 1.807) is 0 Å². The molecular weight excluding hydrogens is 267 g/mol. The summed E-state index contributed by atoms with van der Waals surface area (Å²) in [5.41, 5.74) is 1.86. The predicted octanol–water partition coefficient (Wildman–Crippen LogP) is 2.16. The van der Waals surface area contributed by atoms with Crippen molar-refractivity contribution in [1.29, 1.82) is 0 Å². The monoisotopic (exact) mass is 278 g/mol. The number of hydrogen-bond acceptors (Lipinski definition) is 4. The van der Waals surface area contributed by atoms with Crippen molar-refractivity contribution in [3.05, 3.63) is 48.5 Å². The summed E-state index contributed by atoms with van der Waals surface area (Å²) in [7, 11) is 0.0453. The van der Waals surface area contributed by atoms with E-state index in [9.17, 15) is 0 Å². The summed E-state index contributed by atoms with van der Waals surface area (Å²) in [6, 6.07) is 15.5. The summed E-state index contributed by atoms with van der Waals surface area (Å²) < 4.78 is 11.1. The van der Waals surface area contributed by atoms with Gasteiger partial charge in [-0.15, -0.1) is 10.2 Å². The van der Waals surface area contributed by atoms with Gasteiger partial charge in [-0.25, -0.2) is 0 Å². The summed E-state index contributed by atoms with van der Waals surface area (Å²) in [5, 5.41) is 15.9. The third-order valence-electron chi connectivity index (χ3n) is 3.26. The summed E-state index contributed by atoms with van der Waals surface area (Å²) in [5.74, 6) is 1.04. The van der Waals surface area contributed by atoms with Gasteiger partial charge in [0.25, 0.3) is 0 Å². The number of aromatic amines is 2. The van der Waals surface area contributed by atoms with Gasteiger partial charge in [0, 0.05) is 0 Å². The Morgan fingerprint density at radius 3 is 1.71 bits per heavy atom. The molecule has 6 nitrogen and oxygen atoms in total. The van der Waals surface area contributed by atoms with E-state index in [4.69, 9.17) is 9.31 Å². The zero-order valence-corrected chi connectivity index (χ0v) is 11.0. The molecule has 102 valence electrons. The van der Waals surface area contributed by atoms with Crippen LogP contribution in [-0.2, 0) is 0 Å². The standard InChI is InChI=1S/C14H11BN4O2/c1-3-7-11-9(5-1)13(18-16-11)20-15-21-14-10-6-2-4-8-12(10)17-19-14/h1-8,15H,(H,16,18)(H,17,19). The number of rotatable bonds is 4. The molecule has 0 saturated carbocycles. The molecule has 2 aromatic heterocycles. The van der Waals surface area contributed by atoms with Crippen LogP contribution in [0, 0.1) is 0 Å². The Kier molecular flexibility index (Phi) is 2.74. The topological polar surface area (TPSA) is 75.8 Å². The van der Waals surface area contributed by atoms with Gasteiger partial charge in [0.05, 0.1) is 21.8 Å². The number of benzene rings is 2. The fourth-order valence-electron chi connectivity index (χ4n) is 2.24. The first-order valence-electron chi connectivity index (χ1n) is 6.53. The third kappa shape index (κ3) is 2.08. The van der Waals surface area contributed by atoms with Gasteiger partial charge < -0.3 is 9.31 Å². The van der Waals surface area contributed by atoms with E-state index in [-0.39, 0.29) is 7.69 Å². The molecule has 0 aliphatic carbocycles. The molecule has 0 spiro atoms. The molecule has 0 radical (unpaired) electrons. The largest absolute Gasteiger partial charge is 0.578 e. The molecule has 4 aromatic rings. The highest BCUT2D eigenvalue weighted by molar-refractivity contribution is 6.21. The Bertz CT molecular complexity index is 828. The summed E-state index contributed by atoms with van der Waals surface area (Å²) >= 11 is 0. The van der Waals surface area contributed by atoms with E-state index < -0.39 is 0 Å². The maximum atomic E-state index is 5.56. The lowest BCUT2D eigenvalue weighted by atomic mass is 10.2. The Morgan fingerprint density at radius 1 is 0.714 bits per heavy atom. The van der Waals surface area contributed by atoms with Crippen molar-refractivity contribution >= 4 is 29.5 Å². The fourth-order valence-corrected chi connectivity index (χ4v) is 2.24. The number of nitrogens with one attached hydrogen (secondary N) is 2. The van der Waals surface area contributed by atoms with Crippen LogP contribution in [0.3, 0.4) is 0 Å². The quantitative estimate of drug-likeness (QED) is 0.561. The highest BCUT2D eigenvalue weighted by Crippen LogP contribution is 2.23. The van der Waals surface area contributed by atoms with Crippen LogP contribution in [0.4, 0.5) is 0 Å². The first-order chi connectivity index (χ1) is 10.4. The van der Waals surface area contributed by atoms with Crippen LogP contribution in [0.1, 0.15) is 0 Å². The summed E-state index contributed by atoms with van der Waals surface area (Å²) in [4.78, 5) is 0. The lowest BCUT2D eigenvalue weighted by molar-refractivity contribution is 0.442. The summed E-state index contributed by atoms with van der Waals surface area (Å²) in [6.07, 6.45) is 0. The van der Waals surface area contributed by atoms with E-state index in [1.165, 1.54) is 0 Å². The van der Waals surface area contributed by atoms with Gasteiger partial charge in [-0.05, 0) is 24.3 Å². The average molecular weight is 278 g/mol.